The molecular weight excluding hydrogens is 500 g/mol. The highest BCUT2D eigenvalue weighted by atomic mass is 79.9. The SMILES string of the molecule is CCc1c2cc(Cc3c(Br)cc(OCC(=O)O)cc3Br)ccc2nn1CC(C)C. The summed E-state index contributed by atoms with van der Waals surface area (Å²) in [6.07, 6.45) is 1.67. The Balaban J connectivity index is 1.91. The molecule has 0 atom stereocenters. The molecule has 2 aromatic carbocycles. The van der Waals surface area contributed by atoms with Crippen LogP contribution in [0.1, 0.15) is 37.6 Å². The zero-order valence-corrected chi connectivity index (χ0v) is 19.9. The van der Waals surface area contributed by atoms with Gasteiger partial charge in [0.05, 0.1) is 5.52 Å². The average Bonchev–Trinajstić information content (AvgIpc) is 2.98. The number of aromatic nitrogens is 2. The minimum atomic E-state index is -1.00. The number of fused-ring (bicyclic) bond motifs is 1. The number of hydrogen-bond donors (Lipinski definition) is 1. The molecule has 0 saturated heterocycles. The van der Waals surface area contributed by atoms with Crippen LogP contribution in [-0.2, 0) is 24.2 Å². The van der Waals surface area contributed by atoms with E-state index in [2.05, 4.69) is 75.5 Å². The summed E-state index contributed by atoms with van der Waals surface area (Å²) in [7, 11) is 0. The van der Waals surface area contributed by atoms with Gasteiger partial charge in [0, 0.05) is 26.6 Å². The number of carboxylic acids is 1. The van der Waals surface area contributed by atoms with Crippen molar-refractivity contribution in [2.24, 2.45) is 5.92 Å². The van der Waals surface area contributed by atoms with Gasteiger partial charge >= 0.3 is 5.97 Å². The Kier molecular flexibility index (Phi) is 7.01. The van der Waals surface area contributed by atoms with Crippen molar-refractivity contribution in [3.8, 4) is 5.75 Å². The number of aryl methyl sites for hydroxylation is 1. The Morgan fingerprint density at radius 2 is 1.90 bits per heavy atom. The van der Waals surface area contributed by atoms with Gasteiger partial charge in [0.25, 0.3) is 0 Å². The number of carbonyl (C=O) groups is 1. The van der Waals surface area contributed by atoms with E-state index in [0.717, 1.165) is 39.4 Å². The predicted molar refractivity (Wildman–Crippen MR) is 122 cm³/mol. The van der Waals surface area contributed by atoms with Crippen LogP contribution in [0, 0.1) is 5.92 Å². The fourth-order valence-corrected chi connectivity index (χ4v) is 4.82. The fourth-order valence-electron chi connectivity index (χ4n) is 3.39. The topological polar surface area (TPSA) is 64.3 Å². The molecule has 0 radical (unpaired) electrons. The Morgan fingerprint density at radius 3 is 2.48 bits per heavy atom. The molecule has 0 bridgehead atoms. The fraction of sp³-hybridized carbons (Fsp3) is 0.364. The van der Waals surface area contributed by atoms with Crippen molar-refractivity contribution in [3.63, 3.8) is 0 Å². The van der Waals surface area contributed by atoms with E-state index in [9.17, 15) is 4.79 Å². The molecule has 0 aliphatic heterocycles. The molecule has 0 saturated carbocycles. The summed E-state index contributed by atoms with van der Waals surface area (Å²) in [5.74, 6) is 0.0517. The lowest BCUT2D eigenvalue weighted by Crippen LogP contribution is -2.09. The second-order valence-electron chi connectivity index (χ2n) is 7.45. The van der Waals surface area contributed by atoms with E-state index in [4.69, 9.17) is 14.9 Å². The number of ether oxygens (including phenoxy) is 1. The summed E-state index contributed by atoms with van der Waals surface area (Å²) in [6, 6.07) is 10.0. The number of carboxylic acid groups (broad SMARTS) is 1. The van der Waals surface area contributed by atoms with Crippen LogP contribution in [-0.4, -0.2) is 27.5 Å². The first-order chi connectivity index (χ1) is 13.8. The molecule has 3 aromatic rings. The van der Waals surface area contributed by atoms with Crippen molar-refractivity contribution in [3.05, 3.63) is 56.1 Å². The number of aliphatic carboxylic acids is 1. The van der Waals surface area contributed by atoms with Crippen molar-refractivity contribution >= 4 is 48.7 Å². The van der Waals surface area contributed by atoms with Crippen molar-refractivity contribution in [2.45, 2.75) is 40.2 Å². The molecular formula is C22H24Br2N2O3. The van der Waals surface area contributed by atoms with Gasteiger partial charge in [0.15, 0.2) is 6.61 Å². The van der Waals surface area contributed by atoms with Crippen molar-refractivity contribution in [2.75, 3.05) is 6.61 Å². The van der Waals surface area contributed by atoms with Gasteiger partial charge in [-0.05, 0) is 54.2 Å². The third kappa shape index (κ3) is 5.20. The molecule has 154 valence electrons. The molecule has 0 fully saturated rings. The molecule has 0 aliphatic rings. The quantitative estimate of drug-likeness (QED) is 0.403. The maximum absolute atomic E-state index is 10.7. The Labute approximate surface area is 187 Å². The maximum atomic E-state index is 10.7. The molecule has 1 aromatic heterocycles. The largest absolute Gasteiger partial charge is 0.482 e. The lowest BCUT2D eigenvalue weighted by atomic mass is 10.0. The second-order valence-corrected chi connectivity index (χ2v) is 9.16. The Morgan fingerprint density at radius 1 is 1.21 bits per heavy atom. The van der Waals surface area contributed by atoms with Gasteiger partial charge in [-0.3, -0.25) is 4.68 Å². The normalized spacial score (nSPS) is 11.4. The third-order valence-corrected chi connectivity index (χ3v) is 6.06. The van der Waals surface area contributed by atoms with Gasteiger partial charge in [-0.25, -0.2) is 4.79 Å². The van der Waals surface area contributed by atoms with Crippen LogP contribution in [0.25, 0.3) is 10.9 Å². The van der Waals surface area contributed by atoms with Crippen LogP contribution in [0.4, 0.5) is 0 Å². The predicted octanol–water partition coefficient (Wildman–Crippen LogP) is 5.83. The van der Waals surface area contributed by atoms with Crippen LogP contribution in [0.15, 0.2) is 39.3 Å². The lowest BCUT2D eigenvalue weighted by Gasteiger charge is -2.11. The monoisotopic (exact) mass is 522 g/mol. The van der Waals surface area contributed by atoms with Crippen LogP contribution >= 0.6 is 31.9 Å². The molecule has 0 amide bonds. The highest BCUT2D eigenvalue weighted by Crippen LogP contribution is 2.33. The highest BCUT2D eigenvalue weighted by Gasteiger charge is 2.14. The highest BCUT2D eigenvalue weighted by molar-refractivity contribution is 9.11. The Bertz CT molecular complexity index is 1020. The van der Waals surface area contributed by atoms with Gasteiger partial charge in [0.1, 0.15) is 5.75 Å². The number of halogens is 2. The van der Waals surface area contributed by atoms with E-state index in [1.807, 2.05) is 0 Å². The smallest absolute Gasteiger partial charge is 0.341 e. The van der Waals surface area contributed by atoms with Gasteiger partial charge in [0.2, 0.25) is 0 Å². The van der Waals surface area contributed by atoms with Crippen LogP contribution in [0.3, 0.4) is 0 Å². The van der Waals surface area contributed by atoms with E-state index in [0.29, 0.717) is 11.7 Å². The molecule has 1 heterocycles. The van der Waals surface area contributed by atoms with Crippen LogP contribution in [0.2, 0.25) is 0 Å². The average molecular weight is 524 g/mol. The number of nitrogens with zero attached hydrogens (tertiary/aromatic N) is 2. The summed E-state index contributed by atoms with van der Waals surface area (Å²) < 4.78 is 9.17. The van der Waals surface area contributed by atoms with E-state index < -0.39 is 5.97 Å². The zero-order chi connectivity index (χ0) is 21.1. The Hall–Kier alpha value is -1.86. The summed E-state index contributed by atoms with van der Waals surface area (Å²) in [5, 5.41) is 14.8. The van der Waals surface area contributed by atoms with Gasteiger partial charge in [-0.2, -0.15) is 5.10 Å². The van der Waals surface area contributed by atoms with E-state index in [1.54, 1.807) is 12.1 Å². The number of benzene rings is 2. The second kappa shape index (κ2) is 9.30. The molecule has 5 nitrogen and oxygen atoms in total. The van der Waals surface area contributed by atoms with E-state index in [-0.39, 0.29) is 6.61 Å². The minimum Gasteiger partial charge on any atom is -0.482 e. The lowest BCUT2D eigenvalue weighted by molar-refractivity contribution is -0.139. The van der Waals surface area contributed by atoms with Crippen LogP contribution in [0.5, 0.6) is 5.75 Å². The molecule has 0 spiro atoms. The first-order valence-corrected chi connectivity index (χ1v) is 11.2. The third-order valence-electron chi connectivity index (χ3n) is 4.64. The molecule has 1 N–H and O–H groups in total. The summed E-state index contributed by atoms with van der Waals surface area (Å²) in [6.45, 7) is 7.13. The van der Waals surface area contributed by atoms with Gasteiger partial charge < -0.3 is 9.84 Å². The molecule has 7 heteroatoms. The van der Waals surface area contributed by atoms with Crippen molar-refractivity contribution in [1.82, 2.24) is 9.78 Å². The molecule has 3 rings (SSSR count). The van der Waals surface area contributed by atoms with E-state index >= 15 is 0 Å². The van der Waals surface area contributed by atoms with Gasteiger partial charge in [-0.15, -0.1) is 0 Å². The van der Waals surface area contributed by atoms with Gasteiger partial charge in [-0.1, -0.05) is 58.7 Å². The standard InChI is InChI=1S/C22H24Br2N2O3/c1-4-21-17-8-14(5-6-20(17)25-26(21)11-13(2)3)7-16-18(23)9-15(10-19(16)24)29-12-22(27)28/h5-6,8-10,13H,4,7,11-12H2,1-3H3,(H,27,28). The maximum Gasteiger partial charge on any atom is 0.341 e. The van der Waals surface area contributed by atoms with Crippen molar-refractivity contribution < 1.29 is 14.6 Å². The summed E-state index contributed by atoms with van der Waals surface area (Å²) in [5.41, 5.74) is 4.57. The first-order valence-electron chi connectivity index (χ1n) is 9.59. The molecule has 0 aliphatic carbocycles. The van der Waals surface area contributed by atoms with Crippen molar-refractivity contribution in [1.29, 1.82) is 0 Å². The number of rotatable bonds is 8. The molecule has 0 unspecified atom stereocenters. The number of hydrogen-bond acceptors (Lipinski definition) is 3. The first kappa shape index (κ1) is 21.8. The minimum absolute atomic E-state index is 0.366. The summed E-state index contributed by atoms with van der Waals surface area (Å²) in [4.78, 5) is 10.7. The molecule has 29 heavy (non-hydrogen) atoms. The van der Waals surface area contributed by atoms with Crippen LogP contribution < -0.4 is 4.74 Å². The zero-order valence-electron chi connectivity index (χ0n) is 16.7. The summed E-state index contributed by atoms with van der Waals surface area (Å²) >= 11 is 7.20. The van der Waals surface area contributed by atoms with E-state index in [1.165, 1.54) is 16.6 Å².